The molecule has 1 aromatic carbocycles. The van der Waals surface area contributed by atoms with Crippen molar-refractivity contribution in [3.63, 3.8) is 0 Å². The van der Waals surface area contributed by atoms with Crippen LogP contribution < -0.4 is 5.32 Å². The summed E-state index contributed by atoms with van der Waals surface area (Å²) < 4.78 is 2.29. The van der Waals surface area contributed by atoms with Gasteiger partial charge in [-0.3, -0.25) is 0 Å². The van der Waals surface area contributed by atoms with Crippen LogP contribution in [0.5, 0.6) is 0 Å². The first-order valence-electron chi connectivity index (χ1n) is 6.51. The molecule has 0 spiro atoms. The number of halogens is 2. The normalized spacial score (nSPS) is 28.9. The minimum absolute atomic E-state index is 0.806. The third kappa shape index (κ3) is 2.39. The van der Waals surface area contributed by atoms with E-state index in [1.165, 1.54) is 24.1 Å². The van der Waals surface area contributed by atoms with Crippen molar-refractivity contribution in [3.8, 4) is 0 Å². The zero-order valence-electron chi connectivity index (χ0n) is 10.4. The number of hydrogen-bond acceptors (Lipinski definition) is 1. The number of fused-ring (bicyclic) bond motifs is 2. The SMILES string of the molecule is Cc1cc(Br)c(NCC2CC3C=CC2C3)c(Br)c1. The largest absolute Gasteiger partial charge is 0.383 e. The minimum Gasteiger partial charge on any atom is -0.383 e. The lowest BCUT2D eigenvalue weighted by molar-refractivity contribution is 0.472. The number of allylic oxidation sites excluding steroid dienone is 2. The second kappa shape index (κ2) is 5.01. The van der Waals surface area contributed by atoms with Gasteiger partial charge in [0, 0.05) is 15.5 Å². The molecule has 1 N–H and O–H groups in total. The van der Waals surface area contributed by atoms with Crippen LogP contribution in [0.15, 0.2) is 33.2 Å². The average molecular weight is 371 g/mol. The van der Waals surface area contributed by atoms with Crippen LogP contribution >= 0.6 is 31.9 Å². The second-order valence-corrected chi connectivity index (χ2v) is 7.23. The molecule has 0 saturated heterocycles. The summed E-state index contributed by atoms with van der Waals surface area (Å²) in [6, 6.07) is 4.32. The Kier molecular flexibility index (Phi) is 3.55. The Morgan fingerprint density at radius 1 is 1.17 bits per heavy atom. The van der Waals surface area contributed by atoms with Gasteiger partial charge in [0.25, 0.3) is 0 Å². The number of rotatable bonds is 3. The van der Waals surface area contributed by atoms with Crippen LogP contribution in [0.2, 0.25) is 0 Å². The van der Waals surface area contributed by atoms with Crippen molar-refractivity contribution in [2.45, 2.75) is 19.8 Å². The fourth-order valence-electron chi connectivity index (χ4n) is 3.23. The van der Waals surface area contributed by atoms with E-state index in [4.69, 9.17) is 0 Å². The van der Waals surface area contributed by atoms with Gasteiger partial charge in [-0.1, -0.05) is 12.2 Å². The summed E-state index contributed by atoms with van der Waals surface area (Å²) in [5, 5.41) is 3.61. The molecule has 3 heteroatoms. The van der Waals surface area contributed by atoms with Crippen molar-refractivity contribution in [2.75, 3.05) is 11.9 Å². The van der Waals surface area contributed by atoms with Crippen LogP contribution in [0.25, 0.3) is 0 Å². The Hall–Kier alpha value is -0.280. The predicted octanol–water partition coefficient (Wildman–Crippen LogP) is 5.14. The summed E-state index contributed by atoms with van der Waals surface area (Å²) in [6.07, 6.45) is 7.55. The number of anilines is 1. The Labute approximate surface area is 125 Å². The zero-order chi connectivity index (χ0) is 12.7. The molecule has 2 aliphatic rings. The Balaban J connectivity index is 1.69. The van der Waals surface area contributed by atoms with E-state index in [1.807, 2.05) is 0 Å². The fourth-order valence-corrected chi connectivity index (χ4v) is 4.93. The highest BCUT2D eigenvalue weighted by molar-refractivity contribution is 9.11. The molecule has 1 nitrogen and oxygen atoms in total. The molecule has 1 aromatic rings. The Morgan fingerprint density at radius 2 is 1.89 bits per heavy atom. The lowest BCUT2D eigenvalue weighted by Gasteiger charge is -2.20. The molecule has 3 rings (SSSR count). The van der Waals surface area contributed by atoms with Crippen LogP contribution in [-0.2, 0) is 0 Å². The maximum Gasteiger partial charge on any atom is 0.0629 e. The van der Waals surface area contributed by atoms with Gasteiger partial charge in [0.05, 0.1) is 5.69 Å². The molecule has 0 radical (unpaired) electrons. The molecule has 0 heterocycles. The summed E-state index contributed by atoms with van der Waals surface area (Å²) in [7, 11) is 0. The monoisotopic (exact) mass is 369 g/mol. The molecule has 0 aliphatic heterocycles. The van der Waals surface area contributed by atoms with E-state index in [0.29, 0.717) is 0 Å². The number of aryl methyl sites for hydroxylation is 1. The van der Waals surface area contributed by atoms with Crippen molar-refractivity contribution in [1.29, 1.82) is 0 Å². The van der Waals surface area contributed by atoms with Gasteiger partial charge in [-0.25, -0.2) is 0 Å². The first-order chi connectivity index (χ1) is 8.63. The summed E-state index contributed by atoms with van der Waals surface area (Å²) in [6.45, 7) is 3.19. The van der Waals surface area contributed by atoms with Gasteiger partial charge in [0.2, 0.25) is 0 Å². The smallest absolute Gasteiger partial charge is 0.0629 e. The first kappa shape index (κ1) is 12.7. The summed E-state index contributed by atoms with van der Waals surface area (Å²) in [5.74, 6) is 2.47. The third-order valence-corrected chi connectivity index (χ3v) is 5.39. The van der Waals surface area contributed by atoms with Crippen molar-refractivity contribution in [1.82, 2.24) is 0 Å². The molecular formula is C15H17Br2N. The van der Waals surface area contributed by atoms with E-state index in [1.54, 1.807) is 0 Å². The van der Waals surface area contributed by atoms with E-state index >= 15 is 0 Å². The molecule has 18 heavy (non-hydrogen) atoms. The molecule has 3 unspecified atom stereocenters. The Bertz CT molecular complexity index is 472. The standard InChI is InChI=1S/C15H17Br2N/c1-9-4-13(16)15(14(17)5-9)18-8-12-7-10-2-3-11(12)6-10/h2-5,10-12,18H,6-8H2,1H3. The highest BCUT2D eigenvalue weighted by atomic mass is 79.9. The van der Waals surface area contributed by atoms with E-state index < -0.39 is 0 Å². The van der Waals surface area contributed by atoms with E-state index in [-0.39, 0.29) is 0 Å². The maximum atomic E-state index is 3.64. The number of nitrogens with one attached hydrogen (secondary N) is 1. The van der Waals surface area contributed by atoms with E-state index in [2.05, 4.69) is 68.4 Å². The molecule has 96 valence electrons. The van der Waals surface area contributed by atoms with Gasteiger partial charge >= 0.3 is 0 Å². The van der Waals surface area contributed by atoms with E-state index in [0.717, 1.165) is 33.2 Å². The van der Waals surface area contributed by atoms with Crippen molar-refractivity contribution in [2.24, 2.45) is 17.8 Å². The summed E-state index contributed by atoms with van der Waals surface area (Å²) >= 11 is 7.28. The molecule has 1 fully saturated rings. The van der Waals surface area contributed by atoms with Crippen LogP contribution in [-0.4, -0.2) is 6.54 Å². The highest BCUT2D eigenvalue weighted by Gasteiger charge is 2.35. The van der Waals surface area contributed by atoms with Gasteiger partial charge in [-0.05, 0) is 87.1 Å². The summed E-state index contributed by atoms with van der Waals surface area (Å²) in [4.78, 5) is 0. The molecule has 0 aromatic heterocycles. The second-order valence-electron chi connectivity index (χ2n) is 5.52. The lowest BCUT2D eigenvalue weighted by atomic mass is 9.93. The maximum absolute atomic E-state index is 3.64. The topological polar surface area (TPSA) is 12.0 Å². The van der Waals surface area contributed by atoms with Gasteiger partial charge in [-0.2, -0.15) is 0 Å². The van der Waals surface area contributed by atoms with Crippen molar-refractivity contribution in [3.05, 3.63) is 38.8 Å². The predicted molar refractivity (Wildman–Crippen MR) is 83.9 cm³/mol. The molecule has 3 atom stereocenters. The van der Waals surface area contributed by atoms with Crippen LogP contribution in [0, 0.1) is 24.7 Å². The zero-order valence-corrected chi connectivity index (χ0v) is 13.6. The summed E-state index contributed by atoms with van der Waals surface area (Å²) in [5.41, 5.74) is 2.45. The van der Waals surface area contributed by atoms with Crippen molar-refractivity contribution >= 4 is 37.5 Å². The van der Waals surface area contributed by atoms with Crippen LogP contribution in [0.3, 0.4) is 0 Å². The quantitative estimate of drug-likeness (QED) is 0.726. The molecule has 2 aliphatic carbocycles. The Morgan fingerprint density at radius 3 is 2.44 bits per heavy atom. The first-order valence-corrected chi connectivity index (χ1v) is 8.10. The highest BCUT2D eigenvalue weighted by Crippen LogP contribution is 2.43. The fraction of sp³-hybridized carbons (Fsp3) is 0.467. The molecule has 1 saturated carbocycles. The lowest BCUT2D eigenvalue weighted by Crippen LogP contribution is -2.18. The number of hydrogen-bond donors (Lipinski definition) is 1. The van der Waals surface area contributed by atoms with E-state index in [9.17, 15) is 0 Å². The number of benzene rings is 1. The molecular weight excluding hydrogens is 354 g/mol. The van der Waals surface area contributed by atoms with Gasteiger partial charge in [0.1, 0.15) is 0 Å². The minimum atomic E-state index is 0.806. The molecule has 2 bridgehead atoms. The van der Waals surface area contributed by atoms with Crippen molar-refractivity contribution < 1.29 is 0 Å². The van der Waals surface area contributed by atoms with Gasteiger partial charge < -0.3 is 5.32 Å². The molecule has 0 amide bonds. The average Bonchev–Trinajstić information content (AvgIpc) is 2.89. The van der Waals surface area contributed by atoms with Gasteiger partial charge in [0.15, 0.2) is 0 Å². The van der Waals surface area contributed by atoms with Gasteiger partial charge in [-0.15, -0.1) is 0 Å². The van der Waals surface area contributed by atoms with Crippen LogP contribution in [0.1, 0.15) is 18.4 Å². The third-order valence-electron chi connectivity index (χ3n) is 4.14. The van der Waals surface area contributed by atoms with Crippen LogP contribution in [0.4, 0.5) is 5.69 Å².